The molecule has 1 aliphatic rings. The van der Waals surface area contributed by atoms with Crippen molar-refractivity contribution in [3.8, 4) is 17.2 Å². The van der Waals surface area contributed by atoms with Gasteiger partial charge in [0.25, 0.3) is 0 Å². The number of carbonyl (C=O) groups excluding carboxylic acids is 1. The maximum Gasteiger partial charge on any atom is 0.231 e. The Bertz CT molecular complexity index is 918. The third kappa shape index (κ3) is 4.05. The molecule has 4 heteroatoms. The SMILES string of the molecule is CCOc1ccccc1/C=C1\Oc2c(ccc(OCC=C(C)C)c2C)C1=O. The van der Waals surface area contributed by atoms with Gasteiger partial charge >= 0.3 is 0 Å². The molecule has 1 heterocycles. The lowest BCUT2D eigenvalue weighted by Crippen LogP contribution is -1.99. The van der Waals surface area contributed by atoms with E-state index in [-0.39, 0.29) is 5.78 Å². The molecule has 3 rings (SSSR count). The number of ether oxygens (including phenoxy) is 3. The number of hydrogen-bond donors (Lipinski definition) is 0. The summed E-state index contributed by atoms with van der Waals surface area (Å²) in [5.41, 5.74) is 3.39. The van der Waals surface area contributed by atoms with Gasteiger partial charge in [-0.1, -0.05) is 23.8 Å². The van der Waals surface area contributed by atoms with Crippen molar-refractivity contribution >= 4 is 11.9 Å². The Hall–Kier alpha value is -3.01. The van der Waals surface area contributed by atoms with Crippen molar-refractivity contribution in [3.05, 3.63) is 70.5 Å². The molecule has 0 bridgehead atoms. The van der Waals surface area contributed by atoms with Gasteiger partial charge in [-0.3, -0.25) is 4.79 Å². The minimum Gasteiger partial charge on any atom is -0.493 e. The van der Waals surface area contributed by atoms with Gasteiger partial charge < -0.3 is 14.2 Å². The summed E-state index contributed by atoms with van der Waals surface area (Å²) in [5.74, 6) is 2.17. The Kier molecular flexibility index (Phi) is 5.65. The number of rotatable bonds is 6. The third-order valence-electron chi connectivity index (χ3n) is 4.27. The molecule has 27 heavy (non-hydrogen) atoms. The van der Waals surface area contributed by atoms with E-state index in [1.807, 2.05) is 64.1 Å². The largest absolute Gasteiger partial charge is 0.493 e. The fourth-order valence-corrected chi connectivity index (χ4v) is 2.85. The van der Waals surface area contributed by atoms with Crippen LogP contribution in [0.2, 0.25) is 0 Å². The average Bonchev–Trinajstić information content (AvgIpc) is 2.95. The summed E-state index contributed by atoms with van der Waals surface area (Å²) in [6.45, 7) is 8.93. The first kappa shape index (κ1) is 18.8. The number of carbonyl (C=O) groups is 1. The molecule has 4 nitrogen and oxygen atoms in total. The summed E-state index contributed by atoms with van der Waals surface area (Å²) >= 11 is 0. The molecule has 0 saturated carbocycles. The molecule has 0 fully saturated rings. The lowest BCUT2D eigenvalue weighted by molar-refractivity contribution is 0.101. The van der Waals surface area contributed by atoms with Crippen LogP contribution >= 0.6 is 0 Å². The maximum atomic E-state index is 12.8. The number of ketones is 1. The van der Waals surface area contributed by atoms with Gasteiger partial charge in [-0.15, -0.1) is 0 Å². The van der Waals surface area contributed by atoms with Crippen molar-refractivity contribution in [1.82, 2.24) is 0 Å². The zero-order valence-electron chi connectivity index (χ0n) is 16.2. The molecule has 0 radical (unpaired) electrons. The summed E-state index contributed by atoms with van der Waals surface area (Å²) in [5, 5.41) is 0. The van der Waals surface area contributed by atoms with E-state index in [1.165, 1.54) is 5.57 Å². The molecule has 0 aromatic heterocycles. The molecule has 0 atom stereocenters. The second-order valence-electron chi connectivity index (χ2n) is 6.57. The Morgan fingerprint density at radius 1 is 1.07 bits per heavy atom. The van der Waals surface area contributed by atoms with Crippen molar-refractivity contribution in [3.63, 3.8) is 0 Å². The summed E-state index contributed by atoms with van der Waals surface area (Å²) < 4.78 is 17.4. The first-order chi connectivity index (χ1) is 13.0. The quantitative estimate of drug-likeness (QED) is 0.512. The summed E-state index contributed by atoms with van der Waals surface area (Å²) in [6, 6.07) is 11.2. The highest BCUT2D eigenvalue weighted by atomic mass is 16.5. The highest BCUT2D eigenvalue weighted by molar-refractivity contribution is 6.15. The molecular formula is C23H24O4. The first-order valence-corrected chi connectivity index (χ1v) is 9.07. The minimum atomic E-state index is -0.129. The van der Waals surface area contributed by atoms with E-state index in [0.29, 0.717) is 30.3 Å². The Balaban J connectivity index is 1.89. The fraction of sp³-hybridized carbons (Fsp3) is 0.261. The smallest absolute Gasteiger partial charge is 0.231 e. The molecule has 2 aromatic rings. The van der Waals surface area contributed by atoms with Crippen LogP contribution in [0, 0.1) is 6.92 Å². The van der Waals surface area contributed by atoms with Crippen LogP contribution in [0.4, 0.5) is 0 Å². The van der Waals surface area contributed by atoms with E-state index in [2.05, 4.69) is 0 Å². The molecule has 140 valence electrons. The normalized spacial score (nSPS) is 13.9. The molecule has 0 aliphatic carbocycles. The molecule has 2 aromatic carbocycles. The van der Waals surface area contributed by atoms with Gasteiger partial charge in [-0.25, -0.2) is 0 Å². The van der Waals surface area contributed by atoms with E-state index in [4.69, 9.17) is 14.2 Å². The molecular weight excluding hydrogens is 340 g/mol. The van der Waals surface area contributed by atoms with Crippen LogP contribution in [0.25, 0.3) is 6.08 Å². The fourth-order valence-electron chi connectivity index (χ4n) is 2.85. The predicted molar refractivity (Wildman–Crippen MR) is 107 cm³/mol. The minimum absolute atomic E-state index is 0.129. The number of fused-ring (bicyclic) bond motifs is 1. The van der Waals surface area contributed by atoms with Gasteiger partial charge in [-0.2, -0.15) is 0 Å². The zero-order chi connectivity index (χ0) is 19.4. The first-order valence-electron chi connectivity index (χ1n) is 9.07. The second-order valence-corrected chi connectivity index (χ2v) is 6.57. The van der Waals surface area contributed by atoms with Crippen LogP contribution in [-0.4, -0.2) is 19.0 Å². The summed E-state index contributed by atoms with van der Waals surface area (Å²) in [7, 11) is 0. The van der Waals surface area contributed by atoms with Crippen molar-refractivity contribution in [2.24, 2.45) is 0 Å². The van der Waals surface area contributed by atoms with Gasteiger partial charge in [0.2, 0.25) is 5.78 Å². The average molecular weight is 364 g/mol. The van der Waals surface area contributed by atoms with Crippen LogP contribution in [0.15, 0.2) is 53.8 Å². The van der Waals surface area contributed by atoms with Crippen molar-refractivity contribution in [2.45, 2.75) is 27.7 Å². The van der Waals surface area contributed by atoms with Gasteiger partial charge in [0, 0.05) is 11.1 Å². The number of hydrogen-bond acceptors (Lipinski definition) is 4. The number of para-hydroxylation sites is 1. The van der Waals surface area contributed by atoms with Crippen LogP contribution in [0.1, 0.15) is 42.3 Å². The van der Waals surface area contributed by atoms with Crippen LogP contribution in [0.5, 0.6) is 17.2 Å². The van der Waals surface area contributed by atoms with Gasteiger partial charge in [0.1, 0.15) is 23.9 Å². The zero-order valence-corrected chi connectivity index (χ0v) is 16.2. The van der Waals surface area contributed by atoms with Crippen LogP contribution in [0.3, 0.4) is 0 Å². The molecule has 0 unspecified atom stereocenters. The lowest BCUT2D eigenvalue weighted by atomic mass is 10.1. The summed E-state index contributed by atoms with van der Waals surface area (Å²) in [6.07, 6.45) is 3.74. The molecule has 0 saturated heterocycles. The highest BCUT2D eigenvalue weighted by Crippen LogP contribution is 2.39. The van der Waals surface area contributed by atoms with E-state index >= 15 is 0 Å². The highest BCUT2D eigenvalue weighted by Gasteiger charge is 2.30. The van der Waals surface area contributed by atoms with Crippen molar-refractivity contribution in [2.75, 3.05) is 13.2 Å². The number of Topliss-reactive ketones (excluding diaryl/α,β-unsaturated/α-hetero) is 1. The predicted octanol–water partition coefficient (Wildman–Crippen LogP) is 5.35. The number of allylic oxidation sites excluding steroid dienone is 2. The van der Waals surface area contributed by atoms with Crippen LogP contribution in [-0.2, 0) is 0 Å². The van der Waals surface area contributed by atoms with Gasteiger partial charge in [0.05, 0.1) is 12.2 Å². The van der Waals surface area contributed by atoms with E-state index in [0.717, 1.165) is 22.6 Å². The molecule has 1 aliphatic heterocycles. The monoisotopic (exact) mass is 364 g/mol. The van der Waals surface area contributed by atoms with E-state index < -0.39 is 0 Å². The topological polar surface area (TPSA) is 44.8 Å². The standard InChI is InChI=1S/C23H24O4/c1-5-25-20-9-7-6-8-17(20)14-21-22(24)18-10-11-19(16(4)23(18)27-21)26-13-12-15(2)3/h6-12,14H,5,13H2,1-4H3/b21-14-. The molecule has 0 spiro atoms. The third-order valence-corrected chi connectivity index (χ3v) is 4.27. The lowest BCUT2D eigenvalue weighted by Gasteiger charge is -2.10. The number of benzene rings is 2. The van der Waals surface area contributed by atoms with Crippen molar-refractivity contribution in [1.29, 1.82) is 0 Å². The Morgan fingerprint density at radius 3 is 2.59 bits per heavy atom. The van der Waals surface area contributed by atoms with Gasteiger partial charge in [0.15, 0.2) is 5.76 Å². The molecule has 0 N–H and O–H groups in total. The Labute approximate surface area is 160 Å². The van der Waals surface area contributed by atoms with Gasteiger partial charge in [-0.05, 0) is 58.0 Å². The van der Waals surface area contributed by atoms with Crippen LogP contribution < -0.4 is 14.2 Å². The van der Waals surface area contributed by atoms with E-state index in [1.54, 1.807) is 12.1 Å². The Morgan fingerprint density at radius 2 is 1.85 bits per heavy atom. The van der Waals surface area contributed by atoms with E-state index in [9.17, 15) is 4.79 Å². The molecule has 0 amide bonds. The summed E-state index contributed by atoms with van der Waals surface area (Å²) in [4.78, 5) is 12.8. The maximum absolute atomic E-state index is 12.8. The van der Waals surface area contributed by atoms with Crippen molar-refractivity contribution < 1.29 is 19.0 Å². The second kappa shape index (κ2) is 8.12.